The highest BCUT2D eigenvalue weighted by Crippen LogP contribution is 2.31. The lowest BCUT2D eigenvalue weighted by Gasteiger charge is -2.25. The van der Waals surface area contributed by atoms with Gasteiger partial charge in [0, 0.05) is 25.5 Å². The molecule has 284 valence electrons. The number of fused-ring (bicyclic) bond motifs is 2. The number of hydrogen-bond donors (Lipinski definition) is 4. The lowest BCUT2D eigenvalue weighted by molar-refractivity contribution is 0.0933. The first-order valence-corrected chi connectivity index (χ1v) is 20.1. The molecule has 2 amide bonds. The molecular formula is C36H28N8O10S2. The lowest BCUT2D eigenvalue weighted by Crippen LogP contribution is -2.41. The Morgan fingerprint density at radius 1 is 0.571 bits per heavy atom. The van der Waals surface area contributed by atoms with Crippen LogP contribution in [0, 0.1) is 0 Å². The largest absolute Gasteiger partial charge is 0.380 e. The maximum absolute atomic E-state index is 12.7. The van der Waals surface area contributed by atoms with E-state index in [1.54, 1.807) is 48.8 Å². The van der Waals surface area contributed by atoms with E-state index in [4.69, 9.17) is 0 Å². The van der Waals surface area contributed by atoms with Gasteiger partial charge in [0.15, 0.2) is 19.7 Å². The first-order chi connectivity index (χ1) is 26.8. The molecule has 0 aromatic carbocycles. The molecule has 4 aromatic rings. The van der Waals surface area contributed by atoms with Crippen LogP contribution in [-0.2, 0) is 32.8 Å². The van der Waals surface area contributed by atoms with Gasteiger partial charge < -0.3 is 21.3 Å². The van der Waals surface area contributed by atoms with E-state index in [0.717, 1.165) is 0 Å². The highest BCUT2D eigenvalue weighted by Gasteiger charge is 2.43. The van der Waals surface area contributed by atoms with Crippen molar-refractivity contribution < 1.29 is 45.6 Å². The Labute approximate surface area is 317 Å². The SMILES string of the molecule is O=C(NCc1ccccn1)c1ccc2c(n1)C(=O)C1=C(C2=O)S(=O)(=O)CCN1.O=C(NCc1ccccn1)c1ccc2c(n1)C(=O)C1=C(NCCS1(=O)=O)C2=O. The van der Waals surface area contributed by atoms with E-state index in [1.165, 1.54) is 24.3 Å². The van der Waals surface area contributed by atoms with Gasteiger partial charge in [-0.2, -0.15) is 0 Å². The van der Waals surface area contributed by atoms with Crippen LogP contribution in [0.4, 0.5) is 0 Å². The Hall–Kier alpha value is -6.80. The Morgan fingerprint density at radius 3 is 1.50 bits per heavy atom. The molecule has 0 unspecified atom stereocenters. The van der Waals surface area contributed by atoms with E-state index in [1.807, 2.05) is 0 Å². The zero-order valence-corrected chi connectivity index (χ0v) is 30.5. The van der Waals surface area contributed by atoms with Gasteiger partial charge in [-0.15, -0.1) is 0 Å². The van der Waals surface area contributed by atoms with Gasteiger partial charge in [-0.1, -0.05) is 12.1 Å². The van der Waals surface area contributed by atoms with Crippen molar-refractivity contribution in [2.45, 2.75) is 13.1 Å². The zero-order valence-electron chi connectivity index (χ0n) is 28.9. The maximum Gasteiger partial charge on any atom is 0.270 e. The molecule has 0 saturated carbocycles. The second-order valence-electron chi connectivity index (χ2n) is 12.4. The molecule has 0 bridgehead atoms. The van der Waals surface area contributed by atoms with Crippen molar-refractivity contribution in [2.75, 3.05) is 24.6 Å². The molecule has 6 heterocycles. The summed E-state index contributed by atoms with van der Waals surface area (Å²) >= 11 is 0. The number of ketones is 4. The fourth-order valence-electron chi connectivity index (χ4n) is 6.07. The summed E-state index contributed by atoms with van der Waals surface area (Å²) in [4.78, 5) is 90.5. The quantitative estimate of drug-likeness (QED) is 0.200. The minimum atomic E-state index is -3.89. The number of pyridine rings is 4. The normalized spacial score (nSPS) is 17.4. The second kappa shape index (κ2) is 14.8. The van der Waals surface area contributed by atoms with Crippen molar-refractivity contribution in [1.82, 2.24) is 41.2 Å². The first kappa shape index (κ1) is 37.5. The lowest BCUT2D eigenvalue weighted by atomic mass is 9.96. The molecule has 18 nitrogen and oxygen atoms in total. The van der Waals surface area contributed by atoms with E-state index in [2.05, 4.69) is 41.2 Å². The molecule has 4 aromatic heterocycles. The van der Waals surface area contributed by atoms with Crippen LogP contribution in [0.3, 0.4) is 0 Å². The fraction of sp³-hybridized carbons (Fsp3) is 0.167. The molecule has 0 fully saturated rings. The summed E-state index contributed by atoms with van der Waals surface area (Å²) in [7, 11) is -7.73. The molecule has 0 saturated heterocycles. The zero-order chi connectivity index (χ0) is 39.8. The number of hydrogen-bond acceptors (Lipinski definition) is 16. The predicted molar refractivity (Wildman–Crippen MR) is 194 cm³/mol. The number of nitrogens with zero attached hydrogens (tertiary/aromatic N) is 4. The maximum atomic E-state index is 12.7. The van der Waals surface area contributed by atoms with Crippen LogP contribution in [0.5, 0.6) is 0 Å². The van der Waals surface area contributed by atoms with Crippen molar-refractivity contribution in [3.05, 3.63) is 140 Å². The van der Waals surface area contributed by atoms with Crippen molar-refractivity contribution >= 4 is 54.6 Å². The molecule has 0 atom stereocenters. The molecule has 2 aliphatic carbocycles. The Morgan fingerprint density at radius 2 is 1.02 bits per heavy atom. The number of sulfone groups is 2. The van der Waals surface area contributed by atoms with Gasteiger partial charge >= 0.3 is 0 Å². The van der Waals surface area contributed by atoms with Crippen LogP contribution in [-0.4, -0.2) is 96.3 Å². The summed E-state index contributed by atoms with van der Waals surface area (Å²) < 4.78 is 49.0. The minimum absolute atomic E-state index is 0.0276. The number of nitrogens with one attached hydrogen (secondary N) is 4. The molecule has 20 heteroatoms. The van der Waals surface area contributed by atoms with Gasteiger partial charge in [0.25, 0.3) is 11.8 Å². The van der Waals surface area contributed by atoms with E-state index >= 15 is 0 Å². The molecule has 4 aliphatic rings. The standard InChI is InChI=1S/2C18H14N4O5S/c23-15-11-4-5-12(18(25)21-9-10-3-1-2-6-19-10)22-13(11)16(24)14-17(15)28(26,27)8-7-20-14;23-15-11-4-5-12(18(25)21-9-10-3-1-2-6-19-10)22-13(11)16(24)17-14(15)20-7-8-28(17,26)27/h2*1-6,20H,7-9H2,(H,21,25). The van der Waals surface area contributed by atoms with Crippen LogP contribution < -0.4 is 21.3 Å². The van der Waals surface area contributed by atoms with E-state index in [-0.39, 0.29) is 83.0 Å². The molecule has 56 heavy (non-hydrogen) atoms. The number of carbonyl (C=O) groups excluding carboxylic acids is 6. The molecule has 2 aliphatic heterocycles. The number of aromatic nitrogens is 4. The summed E-state index contributed by atoms with van der Waals surface area (Å²) in [5.74, 6) is -4.67. The first-order valence-electron chi connectivity index (χ1n) is 16.8. The number of carbonyl (C=O) groups is 6. The molecule has 0 radical (unpaired) electrons. The van der Waals surface area contributed by atoms with Crippen molar-refractivity contribution in [3.8, 4) is 0 Å². The van der Waals surface area contributed by atoms with Crippen molar-refractivity contribution in [1.29, 1.82) is 0 Å². The Bertz CT molecular complexity index is 2680. The average molecular weight is 797 g/mol. The Balaban J connectivity index is 0.000000172. The summed E-state index contributed by atoms with van der Waals surface area (Å²) in [6.45, 7) is 0.399. The predicted octanol–water partition coefficient (Wildman–Crippen LogP) is 0.0304. The Kier molecular flexibility index (Phi) is 9.91. The second-order valence-corrected chi connectivity index (χ2v) is 16.5. The van der Waals surface area contributed by atoms with Crippen LogP contribution >= 0.6 is 0 Å². The summed E-state index contributed by atoms with van der Waals surface area (Å²) in [5, 5.41) is 10.6. The highest BCUT2D eigenvalue weighted by molar-refractivity contribution is 7.96. The third kappa shape index (κ3) is 7.09. The van der Waals surface area contributed by atoms with Crippen molar-refractivity contribution in [3.63, 3.8) is 0 Å². The molecular weight excluding hydrogens is 769 g/mol. The van der Waals surface area contributed by atoms with Gasteiger partial charge in [0.1, 0.15) is 44.0 Å². The average Bonchev–Trinajstić information content (AvgIpc) is 3.20. The van der Waals surface area contributed by atoms with Gasteiger partial charge in [0.2, 0.25) is 23.1 Å². The third-order valence-electron chi connectivity index (χ3n) is 8.78. The topological polar surface area (TPSA) is 270 Å². The minimum Gasteiger partial charge on any atom is -0.380 e. The van der Waals surface area contributed by atoms with E-state index in [9.17, 15) is 45.6 Å². The summed E-state index contributed by atoms with van der Waals surface area (Å²) in [6.07, 6.45) is 3.19. The highest BCUT2D eigenvalue weighted by atomic mass is 32.2. The third-order valence-corrected chi connectivity index (χ3v) is 12.3. The fourth-order valence-corrected chi connectivity index (χ4v) is 8.94. The van der Waals surface area contributed by atoms with Crippen LogP contribution in [0.25, 0.3) is 0 Å². The van der Waals surface area contributed by atoms with Crippen LogP contribution in [0.1, 0.15) is 74.1 Å². The number of Topliss-reactive ketones (excluding diaryl/α,β-unsaturated/α-hetero) is 4. The molecule has 4 N–H and O–H groups in total. The van der Waals surface area contributed by atoms with Crippen LogP contribution in [0.15, 0.2) is 94.3 Å². The number of rotatable bonds is 6. The van der Waals surface area contributed by atoms with Gasteiger partial charge in [0.05, 0.1) is 47.1 Å². The van der Waals surface area contributed by atoms with Gasteiger partial charge in [-0.05, 0) is 48.5 Å². The van der Waals surface area contributed by atoms with Gasteiger partial charge in [-0.3, -0.25) is 38.7 Å². The monoisotopic (exact) mass is 796 g/mol. The summed E-state index contributed by atoms with van der Waals surface area (Å²) in [6, 6.07) is 15.7. The number of amides is 2. The van der Waals surface area contributed by atoms with E-state index < -0.39 is 64.4 Å². The smallest absolute Gasteiger partial charge is 0.270 e. The number of allylic oxidation sites excluding steroid dienone is 4. The molecule has 0 spiro atoms. The molecule has 8 rings (SSSR count). The van der Waals surface area contributed by atoms with Gasteiger partial charge in [-0.25, -0.2) is 26.8 Å². The van der Waals surface area contributed by atoms with Crippen molar-refractivity contribution in [2.24, 2.45) is 0 Å². The summed E-state index contributed by atoms with van der Waals surface area (Å²) in [5.41, 5.74) is -0.104. The van der Waals surface area contributed by atoms with E-state index in [0.29, 0.717) is 11.4 Å². The van der Waals surface area contributed by atoms with Crippen LogP contribution in [0.2, 0.25) is 0 Å².